The minimum atomic E-state index is -0.0434. The summed E-state index contributed by atoms with van der Waals surface area (Å²) in [5, 5.41) is 3.58. The molecular formula is C15H25N3O. The van der Waals surface area contributed by atoms with Gasteiger partial charge in [0.2, 0.25) is 0 Å². The molecule has 0 saturated heterocycles. The highest BCUT2D eigenvalue weighted by atomic mass is 16.5. The second-order valence-corrected chi connectivity index (χ2v) is 5.34. The maximum atomic E-state index is 5.97. The fourth-order valence-corrected chi connectivity index (χ4v) is 3.20. The first-order valence-corrected chi connectivity index (χ1v) is 7.20. The highest BCUT2D eigenvalue weighted by Crippen LogP contribution is 2.37. The van der Waals surface area contributed by atoms with Crippen molar-refractivity contribution in [1.82, 2.24) is 10.3 Å². The van der Waals surface area contributed by atoms with E-state index in [0.29, 0.717) is 11.9 Å². The molecule has 19 heavy (non-hydrogen) atoms. The van der Waals surface area contributed by atoms with Crippen LogP contribution in [-0.2, 0) is 11.2 Å². The van der Waals surface area contributed by atoms with Crippen LogP contribution in [0, 0.1) is 0 Å². The van der Waals surface area contributed by atoms with Gasteiger partial charge in [-0.3, -0.25) is 0 Å². The molecule has 2 rings (SSSR count). The molecule has 3 N–H and O–H groups in total. The summed E-state index contributed by atoms with van der Waals surface area (Å²) in [6.07, 6.45) is 7.36. The van der Waals surface area contributed by atoms with E-state index < -0.39 is 0 Å². The van der Waals surface area contributed by atoms with E-state index in [4.69, 9.17) is 10.5 Å². The first kappa shape index (κ1) is 14.3. The zero-order valence-corrected chi connectivity index (χ0v) is 12.0. The molecule has 1 saturated carbocycles. The zero-order valence-electron chi connectivity index (χ0n) is 12.0. The van der Waals surface area contributed by atoms with E-state index >= 15 is 0 Å². The Morgan fingerprint density at radius 3 is 2.79 bits per heavy atom. The Kier molecular flexibility index (Phi) is 4.77. The number of nitrogens with two attached hydrogens (primary N) is 1. The molecule has 1 atom stereocenters. The van der Waals surface area contributed by atoms with Crippen molar-refractivity contribution >= 4 is 5.82 Å². The number of nitrogen functional groups attached to an aromatic ring is 1. The van der Waals surface area contributed by atoms with Gasteiger partial charge in [-0.25, -0.2) is 4.98 Å². The molecule has 106 valence electrons. The van der Waals surface area contributed by atoms with Crippen LogP contribution in [0.4, 0.5) is 5.82 Å². The Morgan fingerprint density at radius 2 is 2.21 bits per heavy atom. The summed E-state index contributed by atoms with van der Waals surface area (Å²) in [7, 11) is 1.84. The van der Waals surface area contributed by atoms with E-state index in [-0.39, 0.29) is 5.60 Å². The van der Waals surface area contributed by atoms with Gasteiger partial charge in [-0.05, 0) is 37.4 Å². The Hall–Kier alpha value is -1.13. The number of anilines is 1. The van der Waals surface area contributed by atoms with E-state index in [1.165, 1.54) is 12.8 Å². The molecule has 0 radical (unpaired) electrons. The lowest BCUT2D eigenvalue weighted by Gasteiger charge is -2.37. The number of nitrogens with one attached hydrogen (secondary N) is 1. The van der Waals surface area contributed by atoms with Crippen molar-refractivity contribution in [1.29, 1.82) is 0 Å². The van der Waals surface area contributed by atoms with Crippen molar-refractivity contribution in [3.8, 4) is 0 Å². The molecule has 0 amide bonds. The number of ether oxygens (including phenoxy) is 1. The number of pyridine rings is 1. The van der Waals surface area contributed by atoms with Crippen LogP contribution in [0.5, 0.6) is 0 Å². The molecular weight excluding hydrogens is 238 g/mol. The quantitative estimate of drug-likeness (QED) is 0.825. The third-order valence-corrected chi connectivity index (χ3v) is 4.29. The van der Waals surface area contributed by atoms with Crippen molar-refractivity contribution < 1.29 is 4.74 Å². The van der Waals surface area contributed by atoms with Crippen LogP contribution in [0.2, 0.25) is 0 Å². The van der Waals surface area contributed by atoms with Crippen molar-refractivity contribution in [2.75, 3.05) is 19.4 Å². The number of likely N-dealkylation sites (N-methyl/N-ethyl adjacent to an activating group) is 1. The standard InChI is InChI=1S/C15H25N3O/c1-3-17-13(15(19-2)8-4-5-9-15)11-12-7-6-10-18-14(12)16/h6-7,10,13,17H,3-5,8-9,11H2,1-2H3,(H2,16,18). The smallest absolute Gasteiger partial charge is 0.126 e. The van der Waals surface area contributed by atoms with Crippen molar-refractivity contribution in [2.45, 2.75) is 50.7 Å². The number of hydrogen-bond donors (Lipinski definition) is 2. The highest BCUT2D eigenvalue weighted by Gasteiger charge is 2.41. The molecule has 1 heterocycles. The SMILES string of the molecule is CCNC(Cc1cccnc1N)C1(OC)CCCC1. The molecule has 1 aromatic rings. The zero-order chi connectivity index (χ0) is 13.7. The van der Waals surface area contributed by atoms with E-state index in [2.05, 4.69) is 23.3 Å². The minimum absolute atomic E-state index is 0.0434. The second-order valence-electron chi connectivity index (χ2n) is 5.34. The molecule has 1 aliphatic carbocycles. The largest absolute Gasteiger partial charge is 0.383 e. The van der Waals surface area contributed by atoms with Crippen LogP contribution in [0.1, 0.15) is 38.2 Å². The molecule has 1 aliphatic rings. The molecule has 1 fully saturated rings. The summed E-state index contributed by atoms with van der Waals surface area (Å²) in [5.41, 5.74) is 7.03. The van der Waals surface area contributed by atoms with Crippen molar-refractivity contribution in [3.05, 3.63) is 23.9 Å². The van der Waals surface area contributed by atoms with Gasteiger partial charge in [0, 0.05) is 19.3 Å². The van der Waals surface area contributed by atoms with Crippen molar-refractivity contribution in [3.63, 3.8) is 0 Å². The lowest BCUT2D eigenvalue weighted by atomic mass is 9.87. The first-order valence-electron chi connectivity index (χ1n) is 7.20. The Bertz CT molecular complexity index is 402. The monoisotopic (exact) mass is 263 g/mol. The van der Waals surface area contributed by atoms with Gasteiger partial charge in [-0.2, -0.15) is 0 Å². The summed E-state index contributed by atoms with van der Waals surface area (Å²) < 4.78 is 5.90. The summed E-state index contributed by atoms with van der Waals surface area (Å²) in [6, 6.07) is 4.31. The highest BCUT2D eigenvalue weighted by molar-refractivity contribution is 5.39. The van der Waals surface area contributed by atoms with Gasteiger partial charge in [-0.1, -0.05) is 25.8 Å². The van der Waals surface area contributed by atoms with Crippen molar-refractivity contribution in [2.24, 2.45) is 0 Å². The number of aromatic nitrogens is 1. The van der Waals surface area contributed by atoms with E-state index in [9.17, 15) is 0 Å². The third kappa shape index (κ3) is 3.07. The Morgan fingerprint density at radius 1 is 1.47 bits per heavy atom. The molecule has 0 aliphatic heterocycles. The molecule has 4 heteroatoms. The van der Waals surface area contributed by atoms with Gasteiger partial charge in [0.05, 0.1) is 5.60 Å². The molecule has 1 unspecified atom stereocenters. The Labute approximate surface area is 115 Å². The number of rotatable bonds is 6. The number of methoxy groups -OCH3 is 1. The van der Waals surface area contributed by atoms with E-state index in [1.54, 1.807) is 6.20 Å². The fraction of sp³-hybridized carbons (Fsp3) is 0.667. The maximum Gasteiger partial charge on any atom is 0.126 e. The van der Waals surface area contributed by atoms with Crippen LogP contribution in [0.3, 0.4) is 0 Å². The van der Waals surface area contributed by atoms with Gasteiger partial charge >= 0.3 is 0 Å². The number of nitrogens with zero attached hydrogens (tertiary/aromatic N) is 1. The van der Waals surface area contributed by atoms with E-state index in [0.717, 1.165) is 31.4 Å². The van der Waals surface area contributed by atoms with Gasteiger partial charge in [0.1, 0.15) is 5.82 Å². The Balaban J connectivity index is 2.18. The van der Waals surface area contributed by atoms with E-state index in [1.807, 2.05) is 13.2 Å². The van der Waals surface area contributed by atoms with Crippen LogP contribution in [0.25, 0.3) is 0 Å². The van der Waals surface area contributed by atoms with Crippen LogP contribution < -0.4 is 11.1 Å². The predicted octanol–water partition coefficient (Wildman–Crippen LogP) is 2.14. The summed E-state index contributed by atoms with van der Waals surface area (Å²) in [4.78, 5) is 4.18. The molecule has 4 nitrogen and oxygen atoms in total. The lowest BCUT2D eigenvalue weighted by Crippen LogP contribution is -2.51. The lowest BCUT2D eigenvalue weighted by molar-refractivity contribution is -0.0351. The molecule has 0 aromatic carbocycles. The van der Waals surface area contributed by atoms with Crippen LogP contribution in [-0.4, -0.2) is 30.3 Å². The van der Waals surface area contributed by atoms with Gasteiger partial charge in [0.15, 0.2) is 0 Å². The second kappa shape index (κ2) is 6.35. The molecule has 1 aromatic heterocycles. The molecule has 0 spiro atoms. The summed E-state index contributed by atoms with van der Waals surface area (Å²) >= 11 is 0. The fourth-order valence-electron chi connectivity index (χ4n) is 3.20. The normalized spacial score (nSPS) is 19.5. The summed E-state index contributed by atoms with van der Waals surface area (Å²) in [5.74, 6) is 0.634. The average Bonchev–Trinajstić information content (AvgIpc) is 2.90. The minimum Gasteiger partial charge on any atom is -0.383 e. The van der Waals surface area contributed by atoms with Gasteiger partial charge in [0.25, 0.3) is 0 Å². The van der Waals surface area contributed by atoms with Crippen LogP contribution >= 0.6 is 0 Å². The maximum absolute atomic E-state index is 5.97. The molecule has 0 bridgehead atoms. The van der Waals surface area contributed by atoms with Gasteiger partial charge in [-0.15, -0.1) is 0 Å². The number of hydrogen-bond acceptors (Lipinski definition) is 4. The third-order valence-electron chi connectivity index (χ3n) is 4.29. The van der Waals surface area contributed by atoms with Crippen LogP contribution in [0.15, 0.2) is 18.3 Å². The summed E-state index contributed by atoms with van der Waals surface area (Å²) in [6.45, 7) is 3.08. The predicted molar refractivity (Wildman–Crippen MR) is 78.0 cm³/mol. The topological polar surface area (TPSA) is 60.2 Å². The first-order chi connectivity index (χ1) is 9.22. The van der Waals surface area contributed by atoms with Gasteiger partial charge < -0.3 is 15.8 Å². The average molecular weight is 263 g/mol.